The van der Waals surface area contributed by atoms with Crippen molar-refractivity contribution in [3.05, 3.63) is 35.9 Å². The van der Waals surface area contributed by atoms with Crippen molar-refractivity contribution in [1.29, 1.82) is 0 Å². The second-order valence-electron chi connectivity index (χ2n) is 5.31. The maximum absolute atomic E-state index is 11.8. The highest BCUT2D eigenvalue weighted by molar-refractivity contribution is 7.89. The summed E-state index contributed by atoms with van der Waals surface area (Å²) in [5.74, 6) is -0.290. The van der Waals surface area contributed by atoms with E-state index in [0.29, 0.717) is 13.0 Å². The van der Waals surface area contributed by atoms with Crippen molar-refractivity contribution >= 4 is 15.9 Å². The lowest BCUT2D eigenvalue weighted by molar-refractivity contribution is -0.123. The molecule has 0 aromatic heterocycles. The van der Waals surface area contributed by atoms with Gasteiger partial charge in [-0.1, -0.05) is 30.3 Å². The summed E-state index contributed by atoms with van der Waals surface area (Å²) in [5.41, 5.74) is 0.897. The van der Waals surface area contributed by atoms with Crippen LogP contribution in [0.25, 0.3) is 0 Å². The largest absolute Gasteiger partial charge is 0.378 e. The van der Waals surface area contributed by atoms with Crippen LogP contribution in [0, 0.1) is 0 Å². The fourth-order valence-corrected chi connectivity index (χ4v) is 3.17. The highest BCUT2D eigenvalue weighted by Crippen LogP contribution is 2.14. The van der Waals surface area contributed by atoms with Crippen LogP contribution >= 0.6 is 0 Å². The lowest BCUT2D eigenvalue weighted by atomic mass is 10.2. The molecule has 1 heterocycles. The minimum absolute atomic E-state index is 0.0205. The van der Waals surface area contributed by atoms with E-state index < -0.39 is 10.0 Å². The van der Waals surface area contributed by atoms with Crippen molar-refractivity contribution in [2.75, 3.05) is 18.9 Å². The molecule has 0 radical (unpaired) electrons. The van der Waals surface area contributed by atoms with Crippen LogP contribution < -0.4 is 10.0 Å². The zero-order valence-electron chi connectivity index (χ0n) is 12.5. The molecule has 0 spiro atoms. The van der Waals surface area contributed by atoms with Gasteiger partial charge in [-0.15, -0.1) is 0 Å². The molecule has 6 nitrogen and oxygen atoms in total. The number of carbonyl (C=O) groups excluding carboxylic acids is 1. The van der Waals surface area contributed by atoms with Gasteiger partial charge < -0.3 is 10.1 Å². The maximum atomic E-state index is 11.8. The maximum Gasteiger partial charge on any atom is 0.222 e. The fraction of sp³-hybridized carbons (Fsp3) is 0.533. The van der Waals surface area contributed by atoms with Crippen molar-refractivity contribution in [2.45, 2.75) is 31.9 Å². The number of carbonyl (C=O) groups is 1. The average molecular weight is 326 g/mol. The van der Waals surface area contributed by atoms with Gasteiger partial charge in [-0.25, -0.2) is 13.1 Å². The van der Waals surface area contributed by atoms with E-state index in [1.54, 1.807) is 0 Å². The molecule has 1 atom stereocenters. The first kappa shape index (κ1) is 16.9. The molecular formula is C15H22N2O4S. The van der Waals surface area contributed by atoms with Crippen molar-refractivity contribution in [3.63, 3.8) is 0 Å². The second-order valence-corrected chi connectivity index (χ2v) is 7.24. The van der Waals surface area contributed by atoms with Gasteiger partial charge in [0.15, 0.2) is 0 Å². The number of benzene rings is 1. The molecule has 1 aromatic carbocycles. The van der Waals surface area contributed by atoms with Crippen LogP contribution in [0.2, 0.25) is 0 Å². The molecule has 1 amide bonds. The molecule has 0 aliphatic carbocycles. The summed E-state index contributed by atoms with van der Waals surface area (Å²) >= 11 is 0. The van der Waals surface area contributed by atoms with Crippen LogP contribution in [0.3, 0.4) is 0 Å². The van der Waals surface area contributed by atoms with Gasteiger partial charge in [0.2, 0.25) is 15.9 Å². The van der Waals surface area contributed by atoms with Gasteiger partial charge in [-0.2, -0.15) is 0 Å². The van der Waals surface area contributed by atoms with Crippen LogP contribution in [0.4, 0.5) is 0 Å². The first-order valence-electron chi connectivity index (χ1n) is 7.45. The summed E-state index contributed by atoms with van der Waals surface area (Å²) in [6.45, 7) is 1.07. The first-order valence-corrected chi connectivity index (χ1v) is 9.10. The molecule has 1 aliphatic rings. The average Bonchev–Trinajstić information content (AvgIpc) is 2.99. The zero-order valence-corrected chi connectivity index (χ0v) is 13.3. The minimum Gasteiger partial charge on any atom is -0.378 e. The zero-order chi connectivity index (χ0) is 15.8. The summed E-state index contributed by atoms with van der Waals surface area (Å²) in [7, 11) is -3.40. The second kappa shape index (κ2) is 8.26. The molecule has 122 valence electrons. The number of ether oxygens (including phenoxy) is 1. The van der Waals surface area contributed by atoms with Crippen LogP contribution in [-0.4, -0.2) is 39.3 Å². The predicted octanol–water partition coefficient (Wildman–Crippen LogP) is 0.791. The molecular weight excluding hydrogens is 304 g/mol. The molecule has 7 heteroatoms. The molecule has 0 bridgehead atoms. The van der Waals surface area contributed by atoms with Crippen molar-refractivity contribution in [2.24, 2.45) is 0 Å². The van der Waals surface area contributed by atoms with E-state index in [1.807, 2.05) is 30.3 Å². The summed E-state index contributed by atoms with van der Waals surface area (Å²) in [5, 5.41) is 2.63. The van der Waals surface area contributed by atoms with Gasteiger partial charge in [0.25, 0.3) is 0 Å². The number of rotatable bonds is 8. The Labute approximate surface area is 131 Å². The highest BCUT2D eigenvalue weighted by Gasteiger charge is 2.19. The monoisotopic (exact) mass is 326 g/mol. The number of sulfonamides is 1. The summed E-state index contributed by atoms with van der Waals surface area (Å²) in [6.07, 6.45) is 2.16. The summed E-state index contributed by atoms with van der Waals surface area (Å²) < 4.78 is 31.6. The van der Waals surface area contributed by atoms with Gasteiger partial charge in [0.05, 0.1) is 18.3 Å². The van der Waals surface area contributed by atoms with Gasteiger partial charge in [-0.05, 0) is 18.4 Å². The van der Waals surface area contributed by atoms with E-state index in [0.717, 1.165) is 18.4 Å². The molecule has 1 fully saturated rings. The quantitative estimate of drug-likeness (QED) is 0.740. The molecule has 2 N–H and O–H groups in total. The SMILES string of the molecule is O=C(CC1CCCO1)NCCS(=O)(=O)NCc1ccccc1. The number of amides is 1. The lowest BCUT2D eigenvalue weighted by Crippen LogP contribution is -2.35. The van der Waals surface area contributed by atoms with E-state index in [-0.39, 0.29) is 30.9 Å². The Kier molecular flexibility index (Phi) is 6.35. The molecule has 1 unspecified atom stereocenters. The van der Waals surface area contributed by atoms with Gasteiger partial charge in [0.1, 0.15) is 0 Å². The topological polar surface area (TPSA) is 84.5 Å². The van der Waals surface area contributed by atoms with E-state index >= 15 is 0 Å². The molecule has 0 saturated carbocycles. The normalized spacial score (nSPS) is 18.3. The lowest BCUT2D eigenvalue weighted by Gasteiger charge is -2.10. The third kappa shape index (κ3) is 6.13. The molecule has 1 aliphatic heterocycles. The number of hydrogen-bond donors (Lipinski definition) is 2. The number of hydrogen-bond acceptors (Lipinski definition) is 4. The van der Waals surface area contributed by atoms with E-state index in [2.05, 4.69) is 10.0 Å². The fourth-order valence-electron chi connectivity index (χ4n) is 2.27. The van der Waals surface area contributed by atoms with Crippen molar-refractivity contribution in [1.82, 2.24) is 10.0 Å². The van der Waals surface area contributed by atoms with Gasteiger partial charge >= 0.3 is 0 Å². The van der Waals surface area contributed by atoms with E-state index in [1.165, 1.54) is 0 Å². The predicted molar refractivity (Wildman–Crippen MR) is 83.7 cm³/mol. The summed E-state index contributed by atoms with van der Waals surface area (Å²) in [4.78, 5) is 11.7. The van der Waals surface area contributed by atoms with Gasteiger partial charge in [-0.3, -0.25) is 4.79 Å². The van der Waals surface area contributed by atoms with Crippen LogP contribution in [0.1, 0.15) is 24.8 Å². The first-order chi connectivity index (χ1) is 10.6. The third-order valence-corrected chi connectivity index (χ3v) is 4.79. The molecule has 22 heavy (non-hydrogen) atoms. The third-order valence-electron chi connectivity index (χ3n) is 3.47. The van der Waals surface area contributed by atoms with Crippen molar-refractivity contribution < 1.29 is 17.9 Å². The smallest absolute Gasteiger partial charge is 0.222 e. The number of nitrogens with one attached hydrogen (secondary N) is 2. The van der Waals surface area contributed by atoms with E-state index in [9.17, 15) is 13.2 Å². The molecule has 2 rings (SSSR count). The van der Waals surface area contributed by atoms with E-state index in [4.69, 9.17) is 4.74 Å². The highest BCUT2D eigenvalue weighted by atomic mass is 32.2. The molecule has 1 aromatic rings. The Bertz CT molecular complexity index is 568. The van der Waals surface area contributed by atoms with Crippen molar-refractivity contribution in [3.8, 4) is 0 Å². The standard InChI is InChI=1S/C15H22N2O4S/c18-15(11-14-7-4-9-21-14)16-8-10-22(19,20)17-12-13-5-2-1-3-6-13/h1-3,5-6,14,17H,4,7-12H2,(H,16,18). The van der Waals surface area contributed by atoms with Crippen LogP contribution in [-0.2, 0) is 26.1 Å². The Morgan fingerprint density at radius 1 is 1.27 bits per heavy atom. The molecule has 1 saturated heterocycles. The van der Waals surface area contributed by atoms with Gasteiger partial charge in [0, 0.05) is 19.7 Å². The Hall–Kier alpha value is -1.44. The van der Waals surface area contributed by atoms with Crippen LogP contribution in [0.15, 0.2) is 30.3 Å². The Morgan fingerprint density at radius 3 is 2.73 bits per heavy atom. The Balaban J connectivity index is 1.65. The Morgan fingerprint density at radius 2 is 2.05 bits per heavy atom. The van der Waals surface area contributed by atoms with Crippen LogP contribution in [0.5, 0.6) is 0 Å². The minimum atomic E-state index is -3.40. The summed E-state index contributed by atoms with van der Waals surface area (Å²) in [6, 6.07) is 9.29.